The molecule has 1 aromatic carbocycles. The van der Waals surface area contributed by atoms with Gasteiger partial charge in [-0.25, -0.2) is 0 Å². The van der Waals surface area contributed by atoms with Crippen molar-refractivity contribution in [3.05, 3.63) is 28.8 Å². The van der Waals surface area contributed by atoms with Crippen LogP contribution in [-0.2, 0) is 14.2 Å². The highest BCUT2D eigenvalue weighted by Crippen LogP contribution is 2.38. The Morgan fingerprint density at radius 2 is 1.93 bits per heavy atom. The molecule has 27 heavy (non-hydrogen) atoms. The van der Waals surface area contributed by atoms with Crippen LogP contribution in [0.4, 0.5) is 0 Å². The maximum Gasteiger partial charge on any atom is 0.205 e. The third-order valence-electron chi connectivity index (χ3n) is 5.49. The molecule has 0 amide bonds. The van der Waals surface area contributed by atoms with Crippen LogP contribution in [0.2, 0.25) is 5.02 Å². The molecule has 2 heterocycles. The van der Waals surface area contributed by atoms with E-state index in [-0.39, 0.29) is 18.3 Å². The molecule has 4 unspecified atom stereocenters. The maximum atomic E-state index is 6.36. The van der Waals surface area contributed by atoms with E-state index in [0.29, 0.717) is 6.61 Å². The molecule has 2 saturated heterocycles. The Morgan fingerprint density at radius 3 is 2.56 bits per heavy atom. The van der Waals surface area contributed by atoms with E-state index in [1.165, 1.54) is 0 Å². The fourth-order valence-electron chi connectivity index (χ4n) is 3.83. The van der Waals surface area contributed by atoms with Crippen LogP contribution >= 0.6 is 11.6 Å². The average molecular weight is 398 g/mol. The van der Waals surface area contributed by atoms with Gasteiger partial charge in [0.05, 0.1) is 24.9 Å². The summed E-state index contributed by atoms with van der Waals surface area (Å²) in [6, 6.07) is 5.67. The summed E-state index contributed by atoms with van der Waals surface area (Å²) >= 11 is 6.12. The Hall–Kier alpha value is -0.850. The third kappa shape index (κ3) is 4.77. The summed E-state index contributed by atoms with van der Waals surface area (Å²) in [6.45, 7) is 15.4. The number of benzene rings is 1. The van der Waals surface area contributed by atoms with Crippen LogP contribution in [0.25, 0.3) is 0 Å². The molecule has 6 heteroatoms. The van der Waals surface area contributed by atoms with Gasteiger partial charge in [-0.05, 0) is 65.3 Å². The first-order valence-corrected chi connectivity index (χ1v) is 10.1. The molecule has 152 valence electrons. The fourth-order valence-corrected chi connectivity index (χ4v) is 3.95. The summed E-state index contributed by atoms with van der Waals surface area (Å²) < 4.78 is 24.5. The summed E-state index contributed by atoms with van der Waals surface area (Å²) in [4.78, 5) is 2.40. The second-order valence-corrected chi connectivity index (χ2v) is 8.90. The van der Waals surface area contributed by atoms with Crippen LogP contribution in [0.1, 0.15) is 40.2 Å². The van der Waals surface area contributed by atoms with Crippen LogP contribution in [0.5, 0.6) is 5.75 Å². The molecule has 3 rings (SSSR count). The first-order chi connectivity index (χ1) is 12.6. The Kier molecular flexibility index (Phi) is 6.09. The van der Waals surface area contributed by atoms with Crippen molar-refractivity contribution in [2.45, 2.75) is 71.2 Å². The Labute approximate surface area is 167 Å². The molecule has 5 nitrogen and oxygen atoms in total. The van der Waals surface area contributed by atoms with E-state index in [1.54, 1.807) is 0 Å². The molecular formula is C21H32ClNO4. The van der Waals surface area contributed by atoms with Gasteiger partial charge < -0.3 is 18.9 Å². The molecule has 4 atom stereocenters. The van der Waals surface area contributed by atoms with Gasteiger partial charge >= 0.3 is 0 Å². The predicted molar refractivity (Wildman–Crippen MR) is 107 cm³/mol. The zero-order valence-electron chi connectivity index (χ0n) is 17.3. The highest BCUT2D eigenvalue weighted by molar-refractivity contribution is 6.31. The molecule has 0 aromatic heterocycles. The quantitative estimate of drug-likeness (QED) is 0.749. The van der Waals surface area contributed by atoms with Gasteiger partial charge in [-0.3, -0.25) is 4.90 Å². The van der Waals surface area contributed by atoms with Crippen molar-refractivity contribution in [3.8, 4) is 5.75 Å². The summed E-state index contributed by atoms with van der Waals surface area (Å²) in [5.41, 5.74) is 0.324. The average Bonchev–Trinajstić information content (AvgIpc) is 2.92. The van der Waals surface area contributed by atoms with Crippen LogP contribution in [0, 0.1) is 6.92 Å². The number of halogens is 1. The van der Waals surface area contributed by atoms with E-state index in [4.69, 9.17) is 30.5 Å². The normalized spacial score (nSPS) is 32.6. The summed E-state index contributed by atoms with van der Waals surface area (Å²) in [5, 5.41) is 0.730. The van der Waals surface area contributed by atoms with E-state index < -0.39 is 11.4 Å². The zero-order chi connectivity index (χ0) is 19.8. The van der Waals surface area contributed by atoms with Crippen LogP contribution in [0.15, 0.2) is 18.2 Å². The lowest BCUT2D eigenvalue weighted by atomic mass is 9.98. The van der Waals surface area contributed by atoms with Gasteiger partial charge in [-0.1, -0.05) is 11.6 Å². The third-order valence-corrected chi connectivity index (χ3v) is 5.91. The van der Waals surface area contributed by atoms with Crippen molar-refractivity contribution in [2.75, 3.05) is 26.2 Å². The molecule has 2 fully saturated rings. The van der Waals surface area contributed by atoms with Gasteiger partial charge in [0.1, 0.15) is 5.75 Å². The second kappa shape index (κ2) is 7.88. The molecule has 0 aliphatic carbocycles. The molecule has 0 spiro atoms. The lowest BCUT2D eigenvalue weighted by Gasteiger charge is -2.40. The van der Waals surface area contributed by atoms with Gasteiger partial charge in [0.15, 0.2) is 5.60 Å². The van der Waals surface area contributed by atoms with E-state index in [9.17, 15) is 0 Å². The van der Waals surface area contributed by atoms with Gasteiger partial charge in [0, 0.05) is 24.7 Å². The first kappa shape index (κ1) is 20.9. The highest BCUT2D eigenvalue weighted by Gasteiger charge is 2.51. The standard InChI is InChI=1S/C21H32ClNO4/c1-14-9-17(7-8-19(14)22)26-20(4,5)21(6)24-13-18(27-21)12-23-10-15(2)25-16(3)11-23/h7-9,15-16,18H,10-13H2,1-6H3. The smallest absolute Gasteiger partial charge is 0.205 e. The number of hydrogen-bond donors (Lipinski definition) is 0. The van der Waals surface area contributed by atoms with Crippen molar-refractivity contribution in [1.29, 1.82) is 0 Å². The molecule has 0 saturated carbocycles. The summed E-state index contributed by atoms with van der Waals surface area (Å²) in [5.74, 6) is -0.0658. The van der Waals surface area contributed by atoms with E-state index >= 15 is 0 Å². The van der Waals surface area contributed by atoms with E-state index in [0.717, 1.165) is 36.0 Å². The Balaban J connectivity index is 1.62. The Bertz CT molecular complexity index is 658. The highest BCUT2D eigenvalue weighted by atomic mass is 35.5. The molecule has 0 bridgehead atoms. The van der Waals surface area contributed by atoms with E-state index in [1.807, 2.05) is 45.9 Å². The monoisotopic (exact) mass is 397 g/mol. The molecule has 1 aromatic rings. The number of morpholine rings is 1. The largest absolute Gasteiger partial charge is 0.482 e. The molecule has 0 N–H and O–H groups in total. The van der Waals surface area contributed by atoms with Gasteiger partial charge in [0.25, 0.3) is 0 Å². The van der Waals surface area contributed by atoms with Crippen molar-refractivity contribution in [2.24, 2.45) is 0 Å². The van der Waals surface area contributed by atoms with Crippen LogP contribution in [0.3, 0.4) is 0 Å². The zero-order valence-corrected chi connectivity index (χ0v) is 18.0. The first-order valence-electron chi connectivity index (χ1n) is 9.73. The van der Waals surface area contributed by atoms with Crippen molar-refractivity contribution in [1.82, 2.24) is 4.90 Å². The van der Waals surface area contributed by atoms with E-state index in [2.05, 4.69) is 18.7 Å². The number of hydrogen-bond acceptors (Lipinski definition) is 5. The number of ether oxygens (including phenoxy) is 4. The predicted octanol–water partition coefficient (Wildman–Crippen LogP) is 4.05. The van der Waals surface area contributed by atoms with Gasteiger partial charge in [-0.2, -0.15) is 0 Å². The minimum atomic E-state index is -0.825. The van der Waals surface area contributed by atoms with Crippen LogP contribution in [-0.4, -0.2) is 60.8 Å². The lowest BCUT2D eigenvalue weighted by molar-refractivity contribution is -0.244. The number of aryl methyl sites for hydroxylation is 1. The number of rotatable bonds is 5. The lowest BCUT2D eigenvalue weighted by Crippen LogP contribution is -2.54. The topological polar surface area (TPSA) is 40.2 Å². The second-order valence-electron chi connectivity index (χ2n) is 8.50. The number of nitrogens with zero attached hydrogens (tertiary/aromatic N) is 1. The van der Waals surface area contributed by atoms with Gasteiger partial charge in [-0.15, -0.1) is 0 Å². The molecule has 2 aliphatic heterocycles. The fraction of sp³-hybridized carbons (Fsp3) is 0.714. The van der Waals surface area contributed by atoms with Gasteiger partial charge in [0.2, 0.25) is 5.79 Å². The van der Waals surface area contributed by atoms with Crippen LogP contribution < -0.4 is 4.74 Å². The minimum Gasteiger partial charge on any atom is -0.482 e. The molecular weight excluding hydrogens is 366 g/mol. The Morgan fingerprint density at radius 1 is 1.26 bits per heavy atom. The van der Waals surface area contributed by atoms with Crippen molar-refractivity contribution in [3.63, 3.8) is 0 Å². The minimum absolute atomic E-state index is 0.0160. The molecule has 2 aliphatic rings. The SMILES string of the molecule is Cc1cc(OC(C)(C)C2(C)OCC(CN3CC(C)OC(C)C3)O2)ccc1Cl. The summed E-state index contributed by atoms with van der Waals surface area (Å²) in [7, 11) is 0. The summed E-state index contributed by atoms with van der Waals surface area (Å²) in [6.07, 6.45) is 0.507. The van der Waals surface area contributed by atoms with Crippen molar-refractivity contribution >= 4 is 11.6 Å². The molecule has 0 radical (unpaired) electrons. The van der Waals surface area contributed by atoms with Crippen molar-refractivity contribution < 1.29 is 18.9 Å². The maximum absolute atomic E-state index is 6.36.